The van der Waals surface area contributed by atoms with Crippen molar-refractivity contribution in [1.29, 1.82) is 0 Å². The third-order valence-electron chi connectivity index (χ3n) is 6.05. The molecule has 31 heavy (non-hydrogen) atoms. The molecular formula is C24H26FN3O3. The van der Waals surface area contributed by atoms with Crippen molar-refractivity contribution in [3.05, 3.63) is 52.1 Å². The summed E-state index contributed by atoms with van der Waals surface area (Å²) in [6.07, 6.45) is 2.63. The van der Waals surface area contributed by atoms with Gasteiger partial charge >= 0.3 is 5.97 Å². The lowest BCUT2D eigenvalue weighted by Gasteiger charge is -2.13. The normalized spacial score (nSPS) is 15.7. The molecule has 0 radical (unpaired) electrons. The van der Waals surface area contributed by atoms with Gasteiger partial charge < -0.3 is 4.74 Å². The van der Waals surface area contributed by atoms with Crippen LogP contribution in [0.1, 0.15) is 78.3 Å². The number of hydrogen-bond acceptors (Lipinski definition) is 5. The zero-order valence-corrected chi connectivity index (χ0v) is 18.5. The summed E-state index contributed by atoms with van der Waals surface area (Å²) >= 11 is 0. The Morgan fingerprint density at radius 1 is 1.32 bits per heavy atom. The molecule has 0 aliphatic heterocycles. The molecule has 2 heterocycles. The topological polar surface area (TPSA) is 74.1 Å². The first-order chi connectivity index (χ1) is 14.7. The number of carbonyl (C=O) groups excluding carboxylic acids is 2. The van der Waals surface area contributed by atoms with Gasteiger partial charge in [-0.05, 0) is 63.3 Å². The number of carbonyl (C=O) groups is 2. The fourth-order valence-corrected chi connectivity index (χ4v) is 4.45. The highest BCUT2D eigenvalue weighted by atomic mass is 19.1. The van der Waals surface area contributed by atoms with Crippen LogP contribution in [-0.2, 0) is 11.2 Å². The predicted molar refractivity (Wildman–Crippen MR) is 115 cm³/mol. The molecule has 6 nitrogen and oxygen atoms in total. The number of benzene rings is 1. The van der Waals surface area contributed by atoms with Gasteiger partial charge in [0.25, 0.3) is 0 Å². The number of nitrogens with zero attached hydrogens (tertiary/aromatic N) is 3. The predicted octanol–water partition coefficient (Wildman–Crippen LogP) is 5.00. The average molecular weight is 423 g/mol. The fourth-order valence-electron chi connectivity index (χ4n) is 4.45. The fraction of sp³-hybridized carbons (Fsp3) is 0.417. The van der Waals surface area contributed by atoms with Crippen LogP contribution in [-0.4, -0.2) is 26.5 Å². The van der Waals surface area contributed by atoms with Crippen LogP contribution in [0.25, 0.3) is 11.0 Å². The summed E-state index contributed by atoms with van der Waals surface area (Å²) in [4.78, 5) is 29.6. The van der Waals surface area contributed by atoms with Crippen LogP contribution >= 0.6 is 0 Å². The van der Waals surface area contributed by atoms with E-state index in [1.807, 2.05) is 24.7 Å². The van der Waals surface area contributed by atoms with E-state index in [1.165, 1.54) is 12.1 Å². The highest BCUT2D eigenvalue weighted by Gasteiger charge is 2.33. The smallest absolute Gasteiger partial charge is 0.311 e. The molecule has 0 fully saturated rings. The van der Waals surface area contributed by atoms with E-state index in [1.54, 1.807) is 6.92 Å². The summed E-state index contributed by atoms with van der Waals surface area (Å²) in [7, 11) is 0. The number of aryl methyl sites for hydroxylation is 2. The maximum atomic E-state index is 14.2. The summed E-state index contributed by atoms with van der Waals surface area (Å²) in [5, 5.41) is 5.41. The second-order valence-corrected chi connectivity index (χ2v) is 8.56. The Morgan fingerprint density at radius 3 is 2.77 bits per heavy atom. The van der Waals surface area contributed by atoms with E-state index < -0.39 is 11.8 Å². The molecule has 0 amide bonds. The molecule has 3 aromatic rings. The summed E-state index contributed by atoms with van der Waals surface area (Å²) in [5.41, 5.74) is 4.28. The standard InChI is InChI=1S/C24H26FN3O3/c1-12(2)28-24-17(11-26-28)14(4)16(15(5)27-24)6-9-21(30)31-20-8-7-18(25)22-13(3)10-19(29)23(20)22/h7-8,11-13H,6,9-10H2,1-5H3/t13-/m0/s1. The Balaban J connectivity index is 1.54. The number of ether oxygens (including phenoxy) is 1. The molecule has 4 rings (SSSR count). The maximum absolute atomic E-state index is 14.2. The summed E-state index contributed by atoms with van der Waals surface area (Å²) in [6.45, 7) is 9.85. The minimum absolute atomic E-state index is 0.128. The van der Waals surface area contributed by atoms with E-state index in [-0.39, 0.29) is 41.9 Å². The van der Waals surface area contributed by atoms with Gasteiger partial charge in [0.2, 0.25) is 0 Å². The zero-order chi connectivity index (χ0) is 22.4. The van der Waals surface area contributed by atoms with Gasteiger partial charge in [0, 0.05) is 29.1 Å². The number of halogens is 1. The Kier molecular flexibility index (Phi) is 5.37. The first kappa shape index (κ1) is 21.2. The second kappa shape index (κ2) is 7.87. The van der Waals surface area contributed by atoms with Gasteiger partial charge in [-0.15, -0.1) is 0 Å². The molecule has 0 saturated carbocycles. The number of pyridine rings is 1. The Bertz CT molecular complexity index is 1210. The molecule has 0 spiro atoms. The maximum Gasteiger partial charge on any atom is 0.311 e. The minimum atomic E-state index is -0.460. The highest BCUT2D eigenvalue weighted by molar-refractivity contribution is 6.04. The quantitative estimate of drug-likeness (QED) is 0.427. The molecule has 1 atom stereocenters. The molecule has 1 aliphatic carbocycles. The number of hydrogen-bond donors (Lipinski definition) is 0. The molecule has 0 N–H and O–H groups in total. The summed E-state index contributed by atoms with van der Waals surface area (Å²) < 4.78 is 21.5. The van der Waals surface area contributed by atoms with Crippen molar-refractivity contribution in [3.8, 4) is 5.75 Å². The van der Waals surface area contributed by atoms with Crippen molar-refractivity contribution in [3.63, 3.8) is 0 Å². The first-order valence-corrected chi connectivity index (χ1v) is 10.6. The van der Waals surface area contributed by atoms with Gasteiger partial charge in [0.15, 0.2) is 11.4 Å². The molecular weight excluding hydrogens is 397 g/mol. The Labute approximate surface area is 180 Å². The van der Waals surface area contributed by atoms with Crippen LogP contribution in [0.15, 0.2) is 18.3 Å². The molecule has 0 bridgehead atoms. The van der Waals surface area contributed by atoms with Crippen LogP contribution in [0, 0.1) is 19.7 Å². The van der Waals surface area contributed by atoms with Crippen molar-refractivity contribution in [1.82, 2.24) is 14.8 Å². The molecule has 162 valence electrons. The monoisotopic (exact) mass is 423 g/mol. The third-order valence-corrected chi connectivity index (χ3v) is 6.05. The van der Waals surface area contributed by atoms with E-state index in [4.69, 9.17) is 9.72 Å². The number of fused-ring (bicyclic) bond motifs is 2. The van der Waals surface area contributed by atoms with Crippen molar-refractivity contribution in [2.75, 3.05) is 0 Å². The second-order valence-electron chi connectivity index (χ2n) is 8.56. The Hall–Kier alpha value is -3.09. The number of rotatable bonds is 5. The summed E-state index contributed by atoms with van der Waals surface area (Å²) in [6, 6.07) is 2.83. The van der Waals surface area contributed by atoms with E-state index in [0.29, 0.717) is 12.0 Å². The molecule has 1 aliphatic rings. The highest BCUT2D eigenvalue weighted by Crippen LogP contribution is 2.40. The average Bonchev–Trinajstić information content (AvgIpc) is 3.25. The summed E-state index contributed by atoms with van der Waals surface area (Å²) in [5.74, 6) is -1.14. The zero-order valence-electron chi connectivity index (χ0n) is 18.5. The lowest BCUT2D eigenvalue weighted by atomic mass is 10.0. The SMILES string of the molecule is Cc1nc2c(cnn2C(C)C)c(C)c1CCC(=O)Oc1ccc(F)c2c1C(=O)C[C@@H]2C. The van der Waals surface area contributed by atoms with Crippen LogP contribution in [0.3, 0.4) is 0 Å². The molecule has 7 heteroatoms. The van der Waals surface area contributed by atoms with Crippen LogP contribution in [0.4, 0.5) is 4.39 Å². The van der Waals surface area contributed by atoms with Crippen molar-refractivity contribution in [2.24, 2.45) is 0 Å². The Morgan fingerprint density at radius 2 is 2.06 bits per heavy atom. The van der Waals surface area contributed by atoms with Gasteiger partial charge in [-0.25, -0.2) is 14.1 Å². The van der Waals surface area contributed by atoms with Crippen LogP contribution in [0.2, 0.25) is 0 Å². The number of aromatic nitrogens is 3. The molecule has 2 aromatic heterocycles. The van der Waals surface area contributed by atoms with Crippen molar-refractivity contribution < 1.29 is 18.7 Å². The van der Waals surface area contributed by atoms with E-state index in [2.05, 4.69) is 18.9 Å². The van der Waals surface area contributed by atoms with E-state index in [0.717, 1.165) is 27.9 Å². The third kappa shape index (κ3) is 3.62. The lowest BCUT2D eigenvalue weighted by molar-refractivity contribution is -0.134. The van der Waals surface area contributed by atoms with E-state index >= 15 is 0 Å². The van der Waals surface area contributed by atoms with Gasteiger partial charge in [-0.2, -0.15) is 5.10 Å². The number of esters is 1. The first-order valence-electron chi connectivity index (χ1n) is 10.6. The lowest BCUT2D eigenvalue weighted by Crippen LogP contribution is -2.13. The molecule has 1 aromatic carbocycles. The van der Waals surface area contributed by atoms with E-state index in [9.17, 15) is 14.0 Å². The number of Topliss-reactive ketones (excluding diaryl/α,β-unsaturated/α-hetero) is 1. The van der Waals surface area contributed by atoms with Gasteiger partial charge in [-0.3, -0.25) is 9.59 Å². The van der Waals surface area contributed by atoms with Gasteiger partial charge in [0.05, 0.1) is 18.2 Å². The van der Waals surface area contributed by atoms with Gasteiger partial charge in [0.1, 0.15) is 11.6 Å². The van der Waals surface area contributed by atoms with Gasteiger partial charge in [-0.1, -0.05) is 6.92 Å². The van der Waals surface area contributed by atoms with Crippen molar-refractivity contribution in [2.45, 2.75) is 65.8 Å². The van der Waals surface area contributed by atoms with Crippen molar-refractivity contribution >= 4 is 22.8 Å². The molecule has 0 unspecified atom stereocenters. The number of ketones is 1. The minimum Gasteiger partial charge on any atom is -0.426 e. The van der Waals surface area contributed by atoms with Crippen LogP contribution < -0.4 is 4.74 Å². The largest absolute Gasteiger partial charge is 0.426 e. The molecule has 0 saturated heterocycles. The van der Waals surface area contributed by atoms with Crippen LogP contribution in [0.5, 0.6) is 5.75 Å².